The lowest BCUT2D eigenvalue weighted by Crippen LogP contribution is -2.32. The van der Waals surface area contributed by atoms with E-state index >= 15 is 0 Å². The van der Waals surface area contributed by atoms with Crippen molar-refractivity contribution in [3.05, 3.63) is 35.4 Å². The normalized spacial score (nSPS) is 18.9. The Labute approximate surface area is 155 Å². The summed E-state index contributed by atoms with van der Waals surface area (Å²) in [6, 6.07) is 4.09. The first-order valence-electron chi connectivity index (χ1n) is 6.47. The summed E-state index contributed by atoms with van der Waals surface area (Å²) in [5.41, 5.74) is -1.79. The van der Waals surface area contributed by atoms with Crippen LogP contribution in [0.15, 0.2) is 29.3 Å². The van der Waals surface area contributed by atoms with E-state index in [4.69, 9.17) is 46.4 Å². The zero-order chi connectivity index (χ0) is 18.1. The lowest BCUT2D eigenvalue weighted by atomic mass is 10.1. The van der Waals surface area contributed by atoms with Crippen LogP contribution in [0, 0.1) is 0 Å². The van der Waals surface area contributed by atoms with Gasteiger partial charge in [-0.05, 0) is 17.7 Å². The summed E-state index contributed by atoms with van der Waals surface area (Å²) < 4.78 is 36.4. The van der Waals surface area contributed by atoms with Crippen LogP contribution >= 0.6 is 46.4 Å². The molecule has 0 spiro atoms. The Morgan fingerprint density at radius 1 is 1.29 bits per heavy atom. The lowest BCUT2D eigenvalue weighted by Gasteiger charge is -2.19. The molecule has 0 aromatic heterocycles. The van der Waals surface area contributed by atoms with E-state index in [0.29, 0.717) is 0 Å². The first-order chi connectivity index (χ1) is 11.0. The van der Waals surface area contributed by atoms with Gasteiger partial charge in [-0.15, -0.1) is 0 Å². The van der Waals surface area contributed by atoms with Gasteiger partial charge >= 0.3 is 12.2 Å². The van der Waals surface area contributed by atoms with Crippen molar-refractivity contribution in [3.63, 3.8) is 0 Å². The van der Waals surface area contributed by atoms with Crippen molar-refractivity contribution in [1.29, 1.82) is 0 Å². The number of halogens is 7. The van der Waals surface area contributed by atoms with Crippen molar-refractivity contribution >= 4 is 58.3 Å². The Hall–Kier alpha value is -0.890. The molecule has 1 atom stereocenters. The number of rotatable bonds is 3. The molecular formula is C13H10Cl4F3N3O. The molecule has 2 amide bonds. The third-order valence-corrected chi connectivity index (χ3v) is 4.46. The molecule has 132 valence electrons. The molecule has 1 aromatic carbocycles. The summed E-state index contributed by atoms with van der Waals surface area (Å²) in [7, 11) is 0. The van der Waals surface area contributed by atoms with Gasteiger partial charge in [0.1, 0.15) is 5.84 Å². The van der Waals surface area contributed by atoms with Crippen molar-refractivity contribution in [2.45, 2.75) is 22.0 Å². The molecule has 0 saturated carbocycles. The van der Waals surface area contributed by atoms with E-state index in [1.165, 1.54) is 12.1 Å². The first kappa shape index (κ1) is 19.4. The molecule has 0 bridgehead atoms. The van der Waals surface area contributed by atoms with E-state index in [-0.39, 0.29) is 24.5 Å². The van der Waals surface area contributed by atoms with Gasteiger partial charge in [0.2, 0.25) is 3.79 Å². The lowest BCUT2D eigenvalue weighted by molar-refractivity contribution is -0.137. The van der Waals surface area contributed by atoms with Crippen LogP contribution in [0.4, 0.5) is 18.0 Å². The summed E-state index contributed by atoms with van der Waals surface area (Å²) in [5.74, 6) is 0.170. The van der Waals surface area contributed by atoms with Crippen LogP contribution in [0.3, 0.4) is 0 Å². The monoisotopic (exact) mass is 421 g/mol. The predicted octanol–water partition coefficient (Wildman–Crippen LogP) is 4.56. The summed E-state index contributed by atoms with van der Waals surface area (Å²) in [6.45, 7) is -0.0974. The number of carbonyl (C=O) groups excluding carboxylic acids is 1. The summed E-state index contributed by atoms with van der Waals surface area (Å²) in [5, 5.41) is 2.49. The highest BCUT2D eigenvalue weighted by Gasteiger charge is 2.35. The van der Waals surface area contributed by atoms with Crippen LogP contribution < -0.4 is 5.32 Å². The molecule has 11 heteroatoms. The molecule has 1 unspecified atom stereocenters. The fourth-order valence-corrected chi connectivity index (χ4v) is 2.23. The van der Waals surface area contributed by atoms with Gasteiger partial charge in [0, 0.05) is 0 Å². The molecule has 1 aliphatic rings. The van der Waals surface area contributed by atoms with E-state index in [2.05, 4.69) is 10.3 Å². The fraction of sp³-hybridized carbons (Fsp3) is 0.385. The first-order valence-corrected chi connectivity index (χ1v) is 8.04. The average Bonchev–Trinajstić information content (AvgIpc) is 2.79. The van der Waals surface area contributed by atoms with E-state index in [1.54, 1.807) is 0 Å². The highest BCUT2D eigenvalue weighted by Crippen LogP contribution is 2.35. The summed E-state index contributed by atoms with van der Waals surface area (Å²) >= 11 is 22.7. The van der Waals surface area contributed by atoms with Gasteiger partial charge in [-0.25, -0.2) is 9.79 Å². The summed E-state index contributed by atoms with van der Waals surface area (Å²) in [4.78, 5) is 17.0. The molecule has 1 heterocycles. The molecule has 24 heavy (non-hydrogen) atoms. The number of alkyl halides is 7. The number of benzene rings is 1. The fourth-order valence-electron chi connectivity index (χ4n) is 1.97. The standard InChI is InChI=1S/C13H10Cl4F3N3O/c14-10(12(15,16)17)22-9-5-21-11(24)23(9)6-7-2-1-3-8(4-7)13(18,19)20/h1-4,10H,5-6H2,(H,21,24). The van der Waals surface area contributed by atoms with Crippen LogP contribution in [-0.2, 0) is 12.7 Å². The number of amides is 2. The molecule has 2 rings (SSSR count). The number of nitrogens with one attached hydrogen (secondary N) is 1. The van der Waals surface area contributed by atoms with Crippen LogP contribution in [0.5, 0.6) is 0 Å². The van der Waals surface area contributed by atoms with E-state index < -0.39 is 27.1 Å². The third kappa shape index (κ3) is 4.81. The molecule has 4 nitrogen and oxygen atoms in total. The number of urea groups is 1. The number of amidine groups is 1. The highest BCUT2D eigenvalue weighted by molar-refractivity contribution is 6.70. The maximum Gasteiger partial charge on any atom is 0.416 e. The molecule has 1 aliphatic heterocycles. The largest absolute Gasteiger partial charge is 0.416 e. The van der Waals surface area contributed by atoms with Gasteiger partial charge in [-0.1, -0.05) is 58.5 Å². The molecule has 0 aliphatic carbocycles. The second-order valence-corrected chi connectivity index (χ2v) is 7.65. The number of hydrogen-bond acceptors (Lipinski definition) is 2. The van der Waals surface area contributed by atoms with Gasteiger partial charge in [-0.3, -0.25) is 4.90 Å². The second kappa shape index (κ2) is 7.15. The van der Waals surface area contributed by atoms with E-state index in [0.717, 1.165) is 17.0 Å². The van der Waals surface area contributed by atoms with Crippen LogP contribution in [-0.4, -0.2) is 32.6 Å². The van der Waals surface area contributed by atoms with Gasteiger partial charge < -0.3 is 5.32 Å². The topological polar surface area (TPSA) is 44.7 Å². The molecule has 0 radical (unpaired) electrons. The minimum atomic E-state index is -4.48. The Kier molecular flexibility index (Phi) is 5.79. The van der Waals surface area contributed by atoms with Crippen molar-refractivity contribution in [3.8, 4) is 0 Å². The Morgan fingerprint density at radius 3 is 2.54 bits per heavy atom. The van der Waals surface area contributed by atoms with Gasteiger partial charge in [-0.2, -0.15) is 13.2 Å². The van der Waals surface area contributed by atoms with Crippen LogP contribution in [0.1, 0.15) is 11.1 Å². The zero-order valence-corrected chi connectivity index (χ0v) is 14.8. The number of aliphatic imine (C=N–C) groups is 1. The maximum absolute atomic E-state index is 12.8. The average molecular weight is 423 g/mol. The number of carbonyl (C=O) groups is 1. The highest BCUT2D eigenvalue weighted by atomic mass is 35.6. The number of hydrogen-bond donors (Lipinski definition) is 1. The Morgan fingerprint density at radius 2 is 1.96 bits per heavy atom. The molecule has 1 fully saturated rings. The second-order valence-electron chi connectivity index (χ2n) is 4.87. The minimum absolute atomic E-state index is 0.0295. The Bertz CT molecular complexity index is 661. The SMILES string of the molecule is O=C1NCC(=NC(Cl)C(Cl)(Cl)Cl)N1Cc1cccc(C(F)(F)F)c1. The Balaban J connectivity index is 2.24. The van der Waals surface area contributed by atoms with Crippen LogP contribution in [0.2, 0.25) is 0 Å². The smallest absolute Gasteiger partial charge is 0.330 e. The molecular weight excluding hydrogens is 413 g/mol. The molecule has 1 aromatic rings. The van der Waals surface area contributed by atoms with Crippen molar-refractivity contribution in [2.24, 2.45) is 4.99 Å². The maximum atomic E-state index is 12.8. The zero-order valence-electron chi connectivity index (χ0n) is 11.7. The van der Waals surface area contributed by atoms with Gasteiger partial charge in [0.05, 0.1) is 18.7 Å². The predicted molar refractivity (Wildman–Crippen MR) is 87.8 cm³/mol. The van der Waals surface area contributed by atoms with Crippen molar-refractivity contribution < 1.29 is 18.0 Å². The van der Waals surface area contributed by atoms with Gasteiger partial charge in [0.15, 0.2) is 5.50 Å². The quantitative estimate of drug-likeness (QED) is 0.563. The van der Waals surface area contributed by atoms with E-state index in [1.807, 2.05) is 0 Å². The summed E-state index contributed by atoms with van der Waals surface area (Å²) in [6.07, 6.45) is -4.48. The minimum Gasteiger partial charge on any atom is -0.330 e. The van der Waals surface area contributed by atoms with Crippen molar-refractivity contribution in [1.82, 2.24) is 10.2 Å². The van der Waals surface area contributed by atoms with Crippen LogP contribution in [0.25, 0.3) is 0 Å². The number of nitrogens with zero attached hydrogens (tertiary/aromatic N) is 2. The third-order valence-electron chi connectivity index (χ3n) is 3.08. The molecule has 1 saturated heterocycles. The van der Waals surface area contributed by atoms with Gasteiger partial charge in [0.25, 0.3) is 0 Å². The molecule has 1 N–H and O–H groups in total. The van der Waals surface area contributed by atoms with E-state index in [9.17, 15) is 18.0 Å². The van der Waals surface area contributed by atoms with Crippen molar-refractivity contribution in [2.75, 3.05) is 6.54 Å².